The predicted octanol–water partition coefficient (Wildman–Crippen LogP) is 4.55. The van der Waals surface area contributed by atoms with Crippen molar-refractivity contribution in [2.24, 2.45) is 0 Å². The second-order valence-electron chi connectivity index (χ2n) is 7.20. The standard InChI is InChI=1S/C22H24N2O4S/c1-26-17-8-7-15(12-19(17)27-2)18-13-16(24-28-18)14-23-21(25)22(9-3-4-10-22)20-6-5-11-29-20/h5-8,11-13H,3-4,9-10,14H2,1-2H3,(H,23,25). The van der Waals surface area contributed by atoms with Gasteiger partial charge in [0.2, 0.25) is 5.91 Å². The van der Waals surface area contributed by atoms with Crippen LogP contribution in [-0.4, -0.2) is 25.3 Å². The van der Waals surface area contributed by atoms with Crippen LogP contribution in [0.4, 0.5) is 0 Å². The fourth-order valence-corrected chi connectivity index (χ4v) is 4.96. The molecule has 1 aliphatic rings. The minimum atomic E-state index is -0.399. The third-order valence-corrected chi connectivity index (χ3v) is 6.62. The number of hydrogen-bond donors (Lipinski definition) is 1. The second-order valence-corrected chi connectivity index (χ2v) is 8.15. The van der Waals surface area contributed by atoms with Crippen molar-refractivity contribution >= 4 is 17.2 Å². The lowest BCUT2D eigenvalue weighted by molar-refractivity contribution is -0.126. The van der Waals surface area contributed by atoms with E-state index in [9.17, 15) is 4.79 Å². The first-order chi connectivity index (χ1) is 14.2. The van der Waals surface area contributed by atoms with Crippen molar-refractivity contribution in [3.05, 3.63) is 52.3 Å². The number of nitrogens with one attached hydrogen (secondary N) is 1. The molecular weight excluding hydrogens is 388 g/mol. The van der Waals surface area contributed by atoms with Crippen LogP contribution in [-0.2, 0) is 16.8 Å². The highest BCUT2D eigenvalue weighted by Crippen LogP contribution is 2.43. The predicted molar refractivity (Wildman–Crippen MR) is 111 cm³/mol. The molecule has 2 aromatic heterocycles. The quantitative estimate of drug-likeness (QED) is 0.616. The Labute approximate surface area is 173 Å². The van der Waals surface area contributed by atoms with Gasteiger partial charge in [0.25, 0.3) is 0 Å². The Balaban J connectivity index is 1.46. The zero-order valence-electron chi connectivity index (χ0n) is 16.6. The SMILES string of the molecule is COc1ccc(-c2cc(CNC(=O)C3(c4cccs4)CCCC3)no2)cc1OC. The highest BCUT2D eigenvalue weighted by atomic mass is 32.1. The molecule has 1 aliphatic carbocycles. The molecule has 0 saturated heterocycles. The lowest BCUT2D eigenvalue weighted by Gasteiger charge is -2.26. The Morgan fingerprint density at radius 1 is 1.17 bits per heavy atom. The molecule has 1 aromatic carbocycles. The van der Waals surface area contributed by atoms with Crippen LogP contribution in [0.3, 0.4) is 0 Å². The zero-order chi connectivity index (χ0) is 20.3. The zero-order valence-corrected chi connectivity index (χ0v) is 17.4. The monoisotopic (exact) mass is 412 g/mol. The van der Waals surface area contributed by atoms with E-state index in [1.807, 2.05) is 35.7 Å². The van der Waals surface area contributed by atoms with Gasteiger partial charge in [-0.15, -0.1) is 11.3 Å². The van der Waals surface area contributed by atoms with Gasteiger partial charge < -0.3 is 19.3 Å². The number of nitrogens with zero attached hydrogens (tertiary/aromatic N) is 1. The summed E-state index contributed by atoms with van der Waals surface area (Å²) in [6, 6.07) is 11.5. The maximum Gasteiger partial charge on any atom is 0.231 e. The number of ether oxygens (including phenoxy) is 2. The van der Waals surface area contributed by atoms with Crippen molar-refractivity contribution in [2.45, 2.75) is 37.6 Å². The molecule has 1 saturated carbocycles. The molecule has 1 N–H and O–H groups in total. The van der Waals surface area contributed by atoms with E-state index in [0.29, 0.717) is 29.5 Å². The van der Waals surface area contributed by atoms with Crippen molar-refractivity contribution in [2.75, 3.05) is 14.2 Å². The molecule has 1 fully saturated rings. The van der Waals surface area contributed by atoms with Gasteiger partial charge in [0.1, 0.15) is 5.69 Å². The molecule has 2 heterocycles. The molecular formula is C22H24N2O4S. The van der Waals surface area contributed by atoms with Crippen molar-refractivity contribution < 1.29 is 18.8 Å². The van der Waals surface area contributed by atoms with E-state index in [2.05, 4.69) is 16.5 Å². The Morgan fingerprint density at radius 3 is 2.66 bits per heavy atom. The summed E-state index contributed by atoms with van der Waals surface area (Å²) in [5, 5.41) is 9.23. The summed E-state index contributed by atoms with van der Waals surface area (Å²) in [5.74, 6) is 1.96. The largest absolute Gasteiger partial charge is 0.493 e. The van der Waals surface area contributed by atoms with Gasteiger partial charge in [0.05, 0.1) is 26.2 Å². The average Bonchev–Trinajstić information content (AvgIpc) is 3.52. The molecule has 0 spiro atoms. The number of rotatable bonds is 7. The van der Waals surface area contributed by atoms with E-state index >= 15 is 0 Å². The minimum absolute atomic E-state index is 0.0770. The van der Waals surface area contributed by atoms with Crippen LogP contribution in [0.2, 0.25) is 0 Å². The van der Waals surface area contributed by atoms with Crippen molar-refractivity contribution in [1.82, 2.24) is 10.5 Å². The van der Waals surface area contributed by atoms with Crippen molar-refractivity contribution in [3.8, 4) is 22.8 Å². The summed E-state index contributed by atoms with van der Waals surface area (Å²) in [7, 11) is 3.19. The van der Waals surface area contributed by atoms with Crippen LogP contribution in [0.1, 0.15) is 36.3 Å². The Hall–Kier alpha value is -2.80. The van der Waals surface area contributed by atoms with Crippen LogP contribution in [0.5, 0.6) is 11.5 Å². The number of amides is 1. The summed E-state index contributed by atoms with van der Waals surface area (Å²) in [4.78, 5) is 14.2. The lowest BCUT2D eigenvalue weighted by Crippen LogP contribution is -2.41. The molecule has 0 atom stereocenters. The Morgan fingerprint density at radius 2 is 1.97 bits per heavy atom. The van der Waals surface area contributed by atoms with Crippen LogP contribution < -0.4 is 14.8 Å². The normalized spacial score (nSPS) is 15.2. The highest BCUT2D eigenvalue weighted by molar-refractivity contribution is 7.10. The molecule has 0 aliphatic heterocycles. The fourth-order valence-electron chi connectivity index (χ4n) is 3.98. The van der Waals surface area contributed by atoms with Gasteiger partial charge in [-0.25, -0.2) is 0 Å². The molecule has 29 heavy (non-hydrogen) atoms. The van der Waals surface area contributed by atoms with Crippen LogP contribution >= 0.6 is 11.3 Å². The second kappa shape index (κ2) is 8.29. The van der Waals surface area contributed by atoms with Gasteiger partial charge in [-0.2, -0.15) is 0 Å². The number of carbonyl (C=O) groups is 1. The lowest BCUT2D eigenvalue weighted by atomic mass is 9.83. The number of carbonyl (C=O) groups excluding carboxylic acids is 1. The van der Waals surface area contributed by atoms with Gasteiger partial charge >= 0.3 is 0 Å². The third-order valence-electron chi connectivity index (χ3n) is 5.54. The van der Waals surface area contributed by atoms with Crippen LogP contribution in [0.15, 0.2) is 46.3 Å². The van der Waals surface area contributed by atoms with Gasteiger partial charge in [-0.1, -0.05) is 24.1 Å². The third kappa shape index (κ3) is 3.74. The molecule has 4 rings (SSSR count). The molecule has 3 aromatic rings. The number of methoxy groups -OCH3 is 2. The van der Waals surface area contributed by atoms with E-state index in [4.69, 9.17) is 14.0 Å². The minimum Gasteiger partial charge on any atom is -0.493 e. The van der Waals surface area contributed by atoms with E-state index < -0.39 is 5.41 Å². The summed E-state index contributed by atoms with van der Waals surface area (Å²) in [5.41, 5.74) is 1.12. The summed E-state index contributed by atoms with van der Waals surface area (Å²) in [6.07, 6.45) is 3.96. The smallest absolute Gasteiger partial charge is 0.231 e. The summed E-state index contributed by atoms with van der Waals surface area (Å²) in [6.45, 7) is 0.336. The van der Waals surface area contributed by atoms with E-state index in [-0.39, 0.29) is 5.91 Å². The highest BCUT2D eigenvalue weighted by Gasteiger charge is 2.43. The molecule has 152 valence electrons. The van der Waals surface area contributed by atoms with Gasteiger partial charge in [0, 0.05) is 16.5 Å². The van der Waals surface area contributed by atoms with Gasteiger partial charge in [0.15, 0.2) is 17.3 Å². The van der Waals surface area contributed by atoms with Gasteiger partial charge in [-0.05, 0) is 42.5 Å². The molecule has 0 unspecified atom stereocenters. The van der Waals surface area contributed by atoms with Crippen molar-refractivity contribution in [1.29, 1.82) is 0 Å². The van der Waals surface area contributed by atoms with Crippen molar-refractivity contribution in [3.63, 3.8) is 0 Å². The fraction of sp³-hybridized carbons (Fsp3) is 0.364. The number of thiophene rings is 1. The molecule has 7 heteroatoms. The molecule has 0 radical (unpaired) electrons. The Bertz CT molecular complexity index is 975. The molecule has 0 bridgehead atoms. The average molecular weight is 413 g/mol. The number of aromatic nitrogens is 1. The van der Waals surface area contributed by atoms with E-state index in [1.54, 1.807) is 25.6 Å². The first kappa shape index (κ1) is 19.5. The van der Waals surface area contributed by atoms with E-state index in [1.165, 1.54) is 0 Å². The molecule has 6 nitrogen and oxygen atoms in total. The topological polar surface area (TPSA) is 73.6 Å². The summed E-state index contributed by atoms with van der Waals surface area (Å²) < 4.78 is 16.1. The maximum absolute atomic E-state index is 13.1. The van der Waals surface area contributed by atoms with Crippen LogP contribution in [0.25, 0.3) is 11.3 Å². The first-order valence-corrected chi connectivity index (χ1v) is 10.5. The van der Waals surface area contributed by atoms with E-state index in [0.717, 1.165) is 36.1 Å². The first-order valence-electron chi connectivity index (χ1n) is 9.66. The Kier molecular flexibility index (Phi) is 5.58. The van der Waals surface area contributed by atoms with Crippen LogP contribution in [0, 0.1) is 0 Å². The molecule has 1 amide bonds. The van der Waals surface area contributed by atoms with Gasteiger partial charge in [-0.3, -0.25) is 4.79 Å². The summed E-state index contributed by atoms with van der Waals surface area (Å²) >= 11 is 1.66. The maximum atomic E-state index is 13.1. The number of hydrogen-bond acceptors (Lipinski definition) is 6. The number of benzene rings is 1.